The smallest absolute Gasteiger partial charge is 0.318 e. The minimum atomic E-state index is -0.0420. The van der Waals surface area contributed by atoms with Crippen molar-refractivity contribution in [2.24, 2.45) is 0 Å². The fourth-order valence-electron chi connectivity index (χ4n) is 3.48. The number of hydrogen-bond acceptors (Lipinski definition) is 2. The molecule has 1 heterocycles. The van der Waals surface area contributed by atoms with Gasteiger partial charge in [-0.1, -0.05) is 54.8 Å². The van der Waals surface area contributed by atoms with Crippen LogP contribution in [0.1, 0.15) is 42.9 Å². The van der Waals surface area contributed by atoms with Gasteiger partial charge >= 0.3 is 6.03 Å². The van der Waals surface area contributed by atoms with Crippen molar-refractivity contribution in [2.75, 3.05) is 13.7 Å². The summed E-state index contributed by atoms with van der Waals surface area (Å²) in [6.45, 7) is 1.22. The number of hydrogen-bond donors (Lipinski definition) is 1. The molecule has 3 rings (SSSR count). The predicted octanol–water partition coefficient (Wildman–Crippen LogP) is 5.18. The van der Waals surface area contributed by atoms with E-state index in [0.29, 0.717) is 6.54 Å². The van der Waals surface area contributed by atoms with Crippen molar-refractivity contribution in [3.63, 3.8) is 0 Å². The fourth-order valence-corrected chi connectivity index (χ4v) is 3.74. The number of methoxy groups -OCH3 is 1. The summed E-state index contributed by atoms with van der Waals surface area (Å²) in [6, 6.07) is 15.6. The Hall–Kier alpha value is -2.20. The largest absolute Gasteiger partial charge is 0.497 e. The monoisotopic (exact) mass is 372 g/mol. The van der Waals surface area contributed by atoms with Gasteiger partial charge in [0.2, 0.25) is 0 Å². The zero-order chi connectivity index (χ0) is 18.4. The van der Waals surface area contributed by atoms with E-state index < -0.39 is 0 Å². The van der Waals surface area contributed by atoms with Gasteiger partial charge in [0, 0.05) is 18.1 Å². The zero-order valence-electron chi connectivity index (χ0n) is 15.1. The normalized spacial score (nSPS) is 17.5. The molecule has 138 valence electrons. The van der Waals surface area contributed by atoms with Gasteiger partial charge in [-0.25, -0.2) is 4.79 Å². The lowest BCUT2D eigenvalue weighted by molar-refractivity contribution is 0.175. The first-order chi connectivity index (χ1) is 12.7. The molecule has 0 unspecified atom stereocenters. The molecule has 0 aromatic heterocycles. The number of likely N-dealkylation sites (tertiary alicyclic amines) is 1. The third kappa shape index (κ3) is 4.50. The maximum atomic E-state index is 12.9. The van der Waals surface area contributed by atoms with E-state index in [1.807, 2.05) is 53.4 Å². The highest BCUT2D eigenvalue weighted by Gasteiger charge is 2.27. The lowest BCUT2D eigenvalue weighted by atomic mass is 10.0. The molecule has 0 radical (unpaired) electrons. The van der Waals surface area contributed by atoms with Crippen LogP contribution in [-0.4, -0.2) is 24.6 Å². The maximum absolute atomic E-state index is 12.9. The number of rotatable bonds is 4. The van der Waals surface area contributed by atoms with Crippen LogP contribution in [0, 0.1) is 0 Å². The molecule has 1 aliphatic rings. The summed E-state index contributed by atoms with van der Waals surface area (Å²) in [4.78, 5) is 14.9. The molecule has 0 aliphatic carbocycles. The van der Waals surface area contributed by atoms with Crippen molar-refractivity contribution in [2.45, 2.75) is 38.3 Å². The van der Waals surface area contributed by atoms with Gasteiger partial charge in [-0.05, 0) is 42.2 Å². The van der Waals surface area contributed by atoms with Crippen molar-refractivity contribution < 1.29 is 9.53 Å². The van der Waals surface area contributed by atoms with Crippen LogP contribution in [0.25, 0.3) is 0 Å². The van der Waals surface area contributed by atoms with Crippen LogP contribution in [0.15, 0.2) is 48.5 Å². The van der Waals surface area contributed by atoms with Crippen molar-refractivity contribution >= 4 is 17.6 Å². The fraction of sp³-hybridized carbons (Fsp3) is 0.381. The first kappa shape index (κ1) is 18.6. The number of amides is 2. The molecule has 1 N–H and O–H groups in total. The van der Waals surface area contributed by atoms with Gasteiger partial charge in [-0.2, -0.15) is 0 Å². The Morgan fingerprint density at radius 1 is 1.19 bits per heavy atom. The topological polar surface area (TPSA) is 41.6 Å². The van der Waals surface area contributed by atoms with Crippen LogP contribution in [0.4, 0.5) is 4.79 Å². The molecule has 0 spiro atoms. The van der Waals surface area contributed by atoms with Crippen molar-refractivity contribution in [1.29, 1.82) is 0 Å². The second-order valence-corrected chi connectivity index (χ2v) is 7.00. The molecule has 1 fully saturated rings. The second-order valence-electron chi connectivity index (χ2n) is 6.59. The molecular weight excluding hydrogens is 348 g/mol. The summed E-state index contributed by atoms with van der Waals surface area (Å²) in [5.41, 5.74) is 2.05. The van der Waals surface area contributed by atoms with E-state index in [1.54, 1.807) is 7.11 Å². The van der Waals surface area contributed by atoms with E-state index in [0.717, 1.165) is 54.1 Å². The van der Waals surface area contributed by atoms with Gasteiger partial charge < -0.3 is 15.0 Å². The molecular formula is C21H25ClN2O2. The number of carbonyl (C=O) groups is 1. The van der Waals surface area contributed by atoms with Gasteiger partial charge in [0.05, 0.1) is 13.2 Å². The number of halogens is 1. The summed E-state index contributed by atoms with van der Waals surface area (Å²) in [5.74, 6) is 0.792. The van der Waals surface area contributed by atoms with Crippen LogP contribution in [0.5, 0.6) is 5.75 Å². The third-order valence-corrected chi connectivity index (χ3v) is 5.20. The van der Waals surface area contributed by atoms with Crippen molar-refractivity contribution in [1.82, 2.24) is 10.2 Å². The Morgan fingerprint density at radius 2 is 2.04 bits per heavy atom. The molecule has 5 heteroatoms. The van der Waals surface area contributed by atoms with Gasteiger partial charge in [-0.3, -0.25) is 0 Å². The van der Waals surface area contributed by atoms with Crippen molar-refractivity contribution in [3.8, 4) is 5.75 Å². The van der Waals surface area contributed by atoms with Crippen LogP contribution in [-0.2, 0) is 6.54 Å². The van der Waals surface area contributed by atoms with Crippen molar-refractivity contribution in [3.05, 3.63) is 64.7 Å². The van der Waals surface area contributed by atoms with Gasteiger partial charge in [-0.15, -0.1) is 0 Å². The molecule has 26 heavy (non-hydrogen) atoms. The number of ether oxygens (including phenoxy) is 1. The molecule has 1 saturated heterocycles. The number of urea groups is 1. The molecule has 2 aromatic rings. The standard InChI is InChI=1S/C21H25ClN2O2/c1-26-17-9-7-8-16(14-17)15-23-21(25)24-13-6-2-3-12-20(24)18-10-4-5-11-19(18)22/h4-5,7-11,14,20H,2-3,6,12-13,15H2,1H3,(H,23,25)/t20-/m0/s1. The summed E-state index contributed by atoms with van der Waals surface area (Å²) in [6.07, 6.45) is 4.21. The lowest BCUT2D eigenvalue weighted by Crippen LogP contribution is -2.42. The quantitative estimate of drug-likeness (QED) is 0.803. The minimum Gasteiger partial charge on any atom is -0.497 e. The first-order valence-corrected chi connectivity index (χ1v) is 9.48. The van der Waals surface area contributed by atoms with E-state index in [1.165, 1.54) is 0 Å². The average Bonchev–Trinajstić information content (AvgIpc) is 2.92. The highest BCUT2D eigenvalue weighted by atomic mass is 35.5. The molecule has 4 nitrogen and oxygen atoms in total. The van der Waals surface area contributed by atoms with E-state index >= 15 is 0 Å². The third-order valence-electron chi connectivity index (χ3n) is 4.86. The van der Waals surface area contributed by atoms with Crippen LogP contribution in [0.3, 0.4) is 0 Å². The van der Waals surface area contributed by atoms with E-state index in [9.17, 15) is 4.79 Å². The molecule has 0 bridgehead atoms. The molecule has 2 aromatic carbocycles. The van der Waals surface area contributed by atoms with Crippen LogP contribution in [0.2, 0.25) is 5.02 Å². The summed E-state index contributed by atoms with van der Waals surface area (Å²) < 4.78 is 5.24. The number of nitrogens with one attached hydrogen (secondary N) is 1. The zero-order valence-corrected chi connectivity index (χ0v) is 15.8. The Balaban J connectivity index is 1.73. The molecule has 1 atom stereocenters. The maximum Gasteiger partial charge on any atom is 0.318 e. The summed E-state index contributed by atoms with van der Waals surface area (Å²) in [5, 5.41) is 3.78. The van der Waals surface area contributed by atoms with E-state index in [4.69, 9.17) is 16.3 Å². The number of carbonyl (C=O) groups excluding carboxylic acids is 1. The van der Waals surface area contributed by atoms with Gasteiger partial charge in [0.1, 0.15) is 5.75 Å². The first-order valence-electron chi connectivity index (χ1n) is 9.11. The Morgan fingerprint density at radius 3 is 2.85 bits per heavy atom. The SMILES string of the molecule is COc1cccc(CNC(=O)N2CCCCC[C@H]2c2ccccc2Cl)c1. The van der Waals surface area contributed by atoms with Gasteiger partial charge in [0.15, 0.2) is 0 Å². The Labute approximate surface area is 160 Å². The van der Waals surface area contributed by atoms with Crippen LogP contribution >= 0.6 is 11.6 Å². The lowest BCUT2D eigenvalue weighted by Gasteiger charge is -2.31. The predicted molar refractivity (Wildman–Crippen MR) is 105 cm³/mol. The van der Waals surface area contributed by atoms with E-state index in [-0.39, 0.29) is 12.1 Å². The van der Waals surface area contributed by atoms with Crippen LogP contribution < -0.4 is 10.1 Å². The molecule has 2 amide bonds. The molecule has 1 aliphatic heterocycles. The van der Waals surface area contributed by atoms with Gasteiger partial charge in [0.25, 0.3) is 0 Å². The Kier molecular flexibility index (Phi) is 6.40. The second kappa shape index (κ2) is 8.95. The summed E-state index contributed by atoms with van der Waals surface area (Å²) >= 11 is 6.41. The molecule has 0 saturated carbocycles. The Bertz CT molecular complexity index is 750. The number of nitrogens with zero attached hydrogens (tertiary/aromatic N) is 1. The number of benzene rings is 2. The van der Waals surface area contributed by atoms with E-state index in [2.05, 4.69) is 5.32 Å². The average molecular weight is 373 g/mol. The highest BCUT2D eigenvalue weighted by molar-refractivity contribution is 6.31. The highest BCUT2D eigenvalue weighted by Crippen LogP contribution is 2.34. The minimum absolute atomic E-state index is 0.0245. The summed E-state index contributed by atoms with van der Waals surface area (Å²) in [7, 11) is 1.64.